The summed E-state index contributed by atoms with van der Waals surface area (Å²) in [6, 6.07) is 7.62. The normalized spacial score (nSPS) is 32.3. The monoisotopic (exact) mass is 358 g/mol. The van der Waals surface area contributed by atoms with Crippen LogP contribution >= 0.6 is 0 Å². The van der Waals surface area contributed by atoms with Crippen LogP contribution in [0.5, 0.6) is 5.75 Å². The molecule has 0 saturated carbocycles. The van der Waals surface area contributed by atoms with E-state index < -0.39 is 0 Å². The van der Waals surface area contributed by atoms with E-state index in [4.69, 9.17) is 9.47 Å². The van der Waals surface area contributed by atoms with Gasteiger partial charge >= 0.3 is 0 Å². The number of nitrogens with zero attached hydrogens (tertiary/aromatic N) is 2. The third-order valence-electron chi connectivity index (χ3n) is 6.23. The quantitative estimate of drug-likeness (QED) is 0.784. The lowest BCUT2D eigenvalue weighted by atomic mass is 9.73. The third-order valence-corrected chi connectivity index (χ3v) is 6.23. The summed E-state index contributed by atoms with van der Waals surface area (Å²) in [5.41, 5.74) is 0.566. The Kier molecular flexibility index (Phi) is 4.70. The molecule has 1 aromatic carbocycles. The lowest BCUT2D eigenvalue weighted by Gasteiger charge is -2.30. The van der Waals surface area contributed by atoms with Crippen LogP contribution in [0, 0.1) is 11.8 Å². The van der Waals surface area contributed by atoms with Crippen molar-refractivity contribution in [3.8, 4) is 5.75 Å². The van der Waals surface area contributed by atoms with Crippen LogP contribution in [0.1, 0.15) is 36.5 Å². The molecule has 0 N–H and O–H groups in total. The third kappa shape index (κ3) is 2.91. The van der Waals surface area contributed by atoms with Crippen LogP contribution in [0.3, 0.4) is 0 Å². The van der Waals surface area contributed by atoms with Crippen LogP contribution in [-0.2, 0) is 4.74 Å². The summed E-state index contributed by atoms with van der Waals surface area (Å²) in [5.74, 6) is 1.76. The van der Waals surface area contributed by atoms with Gasteiger partial charge < -0.3 is 19.3 Å². The standard InChI is InChI=1S/C21H30N2O3/c1-4-11-25-18-8-6-5-7-15(18)20(24)23-13-17-16(12-22(2)3)19-9-10-21(17,14-23)26-19/h5-8,16-17,19H,4,9-14H2,1-3H3/t16-,17+,19+,21+/m0/s1. The molecule has 3 aliphatic rings. The number of hydrogen-bond donors (Lipinski definition) is 0. The lowest BCUT2D eigenvalue weighted by molar-refractivity contribution is 0.00252. The first kappa shape index (κ1) is 17.8. The second-order valence-corrected chi connectivity index (χ2v) is 8.32. The number of hydrogen-bond acceptors (Lipinski definition) is 4. The van der Waals surface area contributed by atoms with Gasteiger partial charge in [0.05, 0.1) is 30.4 Å². The van der Waals surface area contributed by atoms with Gasteiger partial charge in [0, 0.05) is 24.9 Å². The van der Waals surface area contributed by atoms with Crippen LogP contribution in [0.4, 0.5) is 0 Å². The molecule has 0 aliphatic carbocycles. The SMILES string of the molecule is CCCOc1ccccc1C(=O)N1C[C@@H]2[C@H](CN(C)C)[C@H]3CC[C@]2(C1)O3. The van der Waals surface area contributed by atoms with Gasteiger partial charge in [-0.3, -0.25) is 4.79 Å². The summed E-state index contributed by atoms with van der Waals surface area (Å²) in [6.07, 6.45) is 3.52. The van der Waals surface area contributed by atoms with Gasteiger partial charge in [0.2, 0.25) is 0 Å². The van der Waals surface area contributed by atoms with Crippen LogP contribution in [0.2, 0.25) is 0 Å². The Morgan fingerprint density at radius 1 is 1.38 bits per heavy atom. The predicted octanol–water partition coefficient (Wildman–Crippen LogP) is 2.66. The minimum absolute atomic E-state index is 0.0798. The van der Waals surface area contributed by atoms with E-state index in [-0.39, 0.29) is 11.5 Å². The summed E-state index contributed by atoms with van der Waals surface area (Å²) >= 11 is 0. The Balaban J connectivity index is 1.53. The van der Waals surface area contributed by atoms with Gasteiger partial charge in [-0.15, -0.1) is 0 Å². The number of carbonyl (C=O) groups excluding carboxylic acids is 1. The average molecular weight is 358 g/mol. The summed E-state index contributed by atoms with van der Waals surface area (Å²) in [4.78, 5) is 17.5. The molecule has 4 rings (SSSR count). The van der Waals surface area contributed by atoms with E-state index in [0.717, 1.165) is 38.9 Å². The molecule has 3 saturated heterocycles. The maximum absolute atomic E-state index is 13.2. The van der Waals surface area contributed by atoms with E-state index in [9.17, 15) is 4.79 Å². The average Bonchev–Trinajstić information content (AvgIpc) is 3.29. The Morgan fingerprint density at radius 3 is 2.96 bits per heavy atom. The van der Waals surface area contributed by atoms with Crippen LogP contribution < -0.4 is 4.74 Å². The second kappa shape index (κ2) is 6.86. The summed E-state index contributed by atoms with van der Waals surface area (Å²) in [6.45, 7) is 5.26. The molecule has 0 aromatic heterocycles. The van der Waals surface area contributed by atoms with E-state index in [1.807, 2.05) is 29.2 Å². The number of likely N-dealkylation sites (tertiary alicyclic amines) is 1. The molecule has 3 fully saturated rings. The van der Waals surface area contributed by atoms with E-state index in [2.05, 4.69) is 25.9 Å². The number of ether oxygens (including phenoxy) is 2. The zero-order chi connectivity index (χ0) is 18.3. The van der Waals surface area contributed by atoms with Crippen LogP contribution in [0.25, 0.3) is 0 Å². The molecular formula is C21H30N2O3. The van der Waals surface area contributed by atoms with E-state index in [0.29, 0.717) is 35.9 Å². The van der Waals surface area contributed by atoms with Crippen molar-refractivity contribution in [2.45, 2.75) is 37.9 Å². The van der Waals surface area contributed by atoms with E-state index in [1.165, 1.54) is 0 Å². The molecule has 3 heterocycles. The van der Waals surface area contributed by atoms with Gasteiger partial charge in [-0.2, -0.15) is 0 Å². The Labute approximate surface area is 156 Å². The topological polar surface area (TPSA) is 42.0 Å². The molecular weight excluding hydrogens is 328 g/mol. The lowest BCUT2D eigenvalue weighted by Crippen LogP contribution is -2.40. The fraction of sp³-hybridized carbons (Fsp3) is 0.667. The highest BCUT2D eigenvalue weighted by Gasteiger charge is 2.63. The maximum atomic E-state index is 13.2. The first-order valence-electron chi connectivity index (χ1n) is 9.88. The van der Waals surface area contributed by atoms with Crippen molar-refractivity contribution in [3.63, 3.8) is 0 Å². The smallest absolute Gasteiger partial charge is 0.257 e. The molecule has 4 atom stereocenters. The fourth-order valence-electron chi connectivity index (χ4n) is 5.16. The minimum atomic E-state index is -0.111. The van der Waals surface area contributed by atoms with Crippen LogP contribution in [-0.4, -0.2) is 67.7 Å². The molecule has 3 aliphatic heterocycles. The van der Waals surface area contributed by atoms with Gasteiger partial charge in [0.25, 0.3) is 5.91 Å². The van der Waals surface area contributed by atoms with Gasteiger partial charge in [-0.05, 0) is 45.5 Å². The second-order valence-electron chi connectivity index (χ2n) is 8.32. The maximum Gasteiger partial charge on any atom is 0.257 e. The first-order chi connectivity index (χ1) is 12.5. The zero-order valence-electron chi connectivity index (χ0n) is 16.1. The number of benzene rings is 1. The first-order valence-corrected chi connectivity index (χ1v) is 9.88. The molecule has 142 valence electrons. The highest BCUT2D eigenvalue weighted by Crippen LogP contribution is 2.55. The Bertz CT molecular complexity index is 677. The number of amides is 1. The molecule has 1 spiro atoms. The van der Waals surface area contributed by atoms with Crippen molar-refractivity contribution < 1.29 is 14.3 Å². The van der Waals surface area contributed by atoms with Gasteiger partial charge in [0.15, 0.2) is 0 Å². The summed E-state index contributed by atoms with van der Waals surface area (Å²) in [7, 11) is 4.25. The zero-order valence-corrected chi connectivity index (χ0v) is 16.1. The summed E-state index contributed by atoms with van der Waals surface area (Å²) < 4.78 is 12.3. The number of para-hydroxylation sites is 1. The van der Waals surface area contributed by atoms with Crippen molar-refractivity contribution in [1.29, 1.82) is 0 Å². The van der Waals surface area contributed by atoms with Crippen molar-refractivity contribution in [1.82, 2.24) is 9.80 Å². The van der Waals surface area contributed by atoms with E-state index in [1.54, 1.807) is 0 Å². The Morgan fingerprint density at radius 2 is 2.19 bits per heavy atom. The fourth-order valence-corrected chi connectivity index (χ4v) is 5.16. The summed E-state index contributed by atoms with van der Waals surface area (Å²) in [5, 5.41) is 0. The van der Waals surface area contributed by atoms with Crippen LogP contribution in [0.15, 0.2) is 24.3 Å². The largest absolute Gasteiger partial charge is 0.493 e. The van der Waals surface area contributed by atoms with Gasteiger partial charge in [-0.25, -0.2) is 0 Å². The number of rotatable bonds is 6. The molecule has 5 nitrogen and oxygen atoms in total. The molecule has 2 bridgehead atoms. The molecule has 0 radical (unpaired) electrons. The number of carbonyl (C=O) groups is 1. The molecule has 1 aromatic rings. The molecule has 26 heavy (non-hydrogen) atoms. The highest BCUT2D eigenvalue weighted by molar-refractivity contribution is 5.97. The molecule has 5 heteroatoms. The van der Waals surface area contributed by atoms with E-state index >= 15 is 0 Å². The van der Waals surface area contributed by atoms with Crippen molar-refractivity contribution in [2.24, 2.45) is 11.8 Å². The highest BCUT2D eigenvalue weighted by atomic mass is 16.5. The van der Waals surface area contributed by atoms with Gasteiger partial charge in [0.1, 0.15) is 5.75 Å². The minimum Gasteiger partial charge on any atom is -0.493 e. The molecule has 1 amide bonds. The predicted molar refractivity (Wildman–Crippen MR) is 101 cm³/mol. The van der Waals surface area contributed by atoms with Crippen molar-refractivity contribution >= 4 is 5.91 Å². The van der Waals surface area contributed by atoms with Crippen molar-refractivity contribution in [2.75, 3.05) is 40.3 Å². The number of fused-ring (bicyclic) bond motifs is 1. The van der Waals surface area contributed by atoms with Crippen molar-refractivity contribution in [3.05, 3.63) is 29.8 Å². The molecule has 0 unspecified atom stereocenters. The Hall–Kier alpha value is -1.59. The van der Waals surface area contributed by atoms with Gasteiger partial charge in [-0.1, -0.05) is 19.1 Å².